The van der Waals surface area contributed by atoms with Gasteiger partial charge in [-0.15, -0.1) is 0 Å². The molecule has 0 aliphatic rings. The molecule has 3 aromatic rings. The fourth-order valence-electron chi connectivity index (χ4n) is 2.53. The highest BCUT2D eigenvalue weighted by Crippen LogP contribution is 2.26. The molecule has 0 saturated carbocycles. The number of thioether (sulfide) groups is 1. The fraction of sp³-hybridized carbons (Fsp3) is 0.167. The van der Waals surface area contributed by atoms with E-state index in [4.69, 9.17) is 0 Å². The summed E-state index contributed by atoms with van der Waals surface area (Å²) in [7, 11) is 0. The summed E-state index contributed by atoms with van der Waals surface area (Å²) in [4.78, 5) is 15.7. The zero-order chi connectivity index (χ0) is 16.9. The molecule has 0 aliphatic carbocycles. The second-order valence-corrected chi connectivity index (χ2v) is 6.37. The van der Waals surface area contributed by atoms with Gasteiger partial charge in [0.1, 0.15) is 0 Å². The summed E-state index contributed by atoms with van der Waals surface area (Å²) in [6, 6.07) is 14.4. The van der Waals surface area contributed by atoms with Crippen LogP contribution in [-0.2, 0) is 11.2 Å². The molecule has 1 heterocycles. The molecule has 0 saturated heterocycles. The first kappa shape index (κ1) is 16.5. The molecule has 1 aromatic heterocycles. The minimum Gasteiger partial charge on any atom is -0.361 e. The number of aromatic nitrogens is 1. The second kappa shape index (κ2) is 7.49. The molecule has 3 nitrogen and oxygen atoms in total. The molecular weight excluding hydrogens is 330 g/mol. The maximum atomic E-state index is 12.3. The predicted molar refractivity (Wildman–Crippen MR) is 93.6 cm³/mol. The topological polar surface area (TPSA) is 44.9 Å². The fourth-order valence-corrected chi connectivity index (χ4v) is 3.03. The first-order chi connectivity index (χ1) is 11.6. The molecule has 0 radical (unpaired) electrons. The van der Waals surface area contributed by atoms with Gasteiger partial charge in [0, 0.05) is 34.1 Å². The molecule has 0 bridgehead atoms. The average molecular weight is 346 g/mol. The summed E-state index contributed by atoms with van der Waals surface area (Å²) in [5.74, 6) is -2.55. The lowest BCUT2D eigenvalue weighted by Crippen LogP contribution is -2.12. The number of anilines is 1. The molecule has 0 unspecified atom stereocenters. The Labute approximate surface area is 142 Å². The third-order valence-electron chi connectivity index (χ3n) is 3.66. The predicted octanol–water partition coefficient (Wildman–Crippen LogP) is 5.05. The van der Waals surface area contributed by atoms with Crippen LogP contribution in [0.2, 0.25) is 0 Å². The van der Waals surface area contributed by atoms with Crippen molar-refractivity contribution in [2.45, 2.75) is 23.5 Å². The van der Waals surface area contributed by atoms with Gasteiger partial charge in [0.05, 0.1) is 0 Å². The summed E-state index contributed by atoms with van der Waals surface area (Å²) in [5.41, 5.74) is 2.77. The standard InChI is InChI=1S/C18H16F2N2OS/c19-18(20)24-14-8-6-13(7-9-14)22-17(23)10-5-12-11-21-16-4-2-1-3-15(12)16/h1-4,6-9,11,18,21H,5,10H2,(H,22,23). The number of benzene rings is 2. The number of hydrogen-bond acceptors (Lipinski definition) is 2. The number of alkyl halides is 2. The molecule has 6 heteroatoms. The van der Waals surface area contributed by atoms with Crippen molar-refractivity contribution >= 4 is 34.3 Å². The van der Waals surface area contributed by atoms with Crippen LogP contribution in [0.4, 0.5) is 14.5 Å². The quantitative estimate of drug-likeness (QED) is 0.613. The number of rotatable bonds is 6. The van der Waals surface area contributed by atoms with Crippen molar-refractivity contribution in [3.05, 3.63) is 60.3 Å². The van der Waals surface area contributed by atoms with Gasteiger partial charge in [0.25, 0.3) is 5.76 Å². The van der Waals surface area contributed by atoms with Crippen LogP contribution in [0, 0.1) is 0 Å². The third-order valence-corrected chi connectivity index (χ3v) is 4.38. The monoisotopic (exact) mass is 346 g/mol. The number of aromatic amines is 1. The van der Waals surface area contributed by atoms with E-state index >= 15 is 0 Å². The van der Waals surface area contributed by atoms with Crippen molar-refractivity contribution in [1.29, 1.82) is 0 Å². The van der Waals surface area contributed by atoms with Crippen molar-refractivity contribution in [3.63, 3.8) is 0 Å². The van der Waals surface area contributed by atoms with Crippen molar-refractivity contribution in [2.24, 2.45) is 0 Å². The van der Waals surface area contributed by atoms with Gasteiger partial charge in [0.2, 0.25) is 5.91 Å². The van der Waals surface area contributed by atoms with E-state index in [0.29, 0.717) is 35.2 Å². The second-order valence-electron chi connectivity index (χ2n) is 5.31. The van der Waals surface area contributed by atoms with Crippen LogP contribution in [0.15, 0.2) is 59.6 Å². The van der Waals surface area contributed by atoms with Gasteiger partial charge < -0.3 is 10.3 Å². The Bertz CT molecular complexity index is 830. The van der Waals surface area contributed by atoms with Gasteiger partial charge in [-0.3, -0.25) is 4.79 Å². The molecular formula is C18H16F2N2OS. The van der Waals surface area contributed by atoms with Crippen LogP contribution < -0.4 is 5.32 Å². The van der Waals surface area contributed by atoms with Gasteiger partial charge in [0.15, 0.2) is 0 Å². The molecule has 124 valence electrons. The summed E-state index contributed by atoms with van der Waals surface area (Å²) < 4.78 is 24.5. The van der Waals surface area contributed by atoms with Crippen molar-refractivity contribution in [3.8, 4) is 0 Å². The van der Waals surface area contributed by atoms with Crippen LogP contribution in [0.3, 0.4) is 0 Å². The van der Waals surface area contributed by atoms with Gasteiger partial charge in [-0.25, -0.2) is 0 Å². The lowest BCUT2D eigenvalue weighted by atomic mass is 10.1. The number of amides is 1. The van der Waals surface area contributed by atoms with E-state index in [1.807, 2.05) is 30.5 Å². The molecule has 0 atom stereocenters. The Morgan fingerprint density at radius 2 is 1.88 bits per heavy atom. The lowest BCUT2D eigenvalue weighted by molar-refractivity contribution is -0.116. The number of carbonyl (C=O) groups excluding carboxylic acids is 1. The number of nitrogens with one attached hydrogen (secondary N) is 2. The molecule has 2 N–H and O–H groups in total. The first-order valence-corrected chi connectivity index (χ1v) is 8.39. The Morgan fingerprint density at radius 3 is 2.62 bits per heavy atom. The van der Waals surface area contributed by atoms with Gasteiger partial charge in [-0.1, -0.05) is 30.0 Å². The maximum absolute atomic E-state index is 12.3. The number of aryl methyl sites for hydroxylation is 1. The number of hydrogen-bond donors (Lipinski definition) is 2. The van der Waals surface area contributed by atoms with Crippen LogP contribution in [0.5, 0.6) is 0 Å². The number of H-pyrrole nitrogens is 1. The number of fused-ring (bicyclic) bond motifs is 1. The number of carbonyl (C=O) groups is 1. The van der Waals surface area contributed by atoms with Crippen molar-refractivity contribution < 1.29 is 13.6 Å². The summed E-state index contributed by atoms with van der Waals surface area (Å²) in [6.45, 7) is 0. The minimum atomic E-state index is -2.44. The molecule has 3 rings (SSSR count). The van der Waals surface area contributed by atoms with E-state index < -0.39 is 5.76 Å². The Balaban J connectivity index is 1.56. The van der Waals surface area contributed by atoms with Crippen molar-refractivity contribution in [1.82, 2.24) is 4.98 Å². The van der Waals surface area contributed by atoms with E-state index in [2.05, 4.69) is 10.3 Å². The smallest absolute Gasteiger partial charge is 0.288 e. The summed E-state index contributed by atoms with van der Waals surface area (Å²) >= 11 is 0.486. The van der Waals surface area contributed by atoms with Gasteiger partial charge >= 0.3 is 0 Å². The molecule has 2 aromatic carbocycles. The third kappa shape index (κ3) is 4.14. The Morgan fingerprint density at radius 1 is 1.12 bits per heavy atom. The van der Waals surface area contributed by atoms with E-state index in [1.165, 1.54) is 0 Å². The van der Waals surface area contributed by atoms with E-state index in [9.17, 15) is 13.6 Å². The van der Waals surface area contributed by atoms with Crippen LogP contribution in [0.1, 0.15) is 12.0 Å². The number of para-hydroxylation sites is 1. The maximum Gasteiger partial charge on any atom is 0.288 e. The molecule has 24 heavy (non-hydrogen) atoms. The molecule has 0 fully saturated rings. The Hall–Kier alpha value is -2.34. The van der Waals surface area contributed by atoms with Crippen LogP contribution in [0.25, 0.3) is 10.9 Å². The number of halogens is 2. The van der Waals surface area contributed by atoms with Crippen LogP contribution in [-0.4, -0.2) is 16.6 Å². The molecule has 0 spiro atoms. The zero-order valence-electron chi connectivity index (χ0n) is 12.8. The lowest BCUT2D eigenvalue weighted by Gasteiger charge is -2.06. The van der Waals surface area contributed by atoms with Gasteiger partial charge in [-0.05, 0) is 42.3 Å². The highest BCUT2D eigenvalue weighted by Gasteiger charge is 2.08. The highest BCUT2D eigenvalue weighted by atomic mass is 32.2. The van der Waals surface area contributed by atoms with Gasteiger partial charge in [-0.2, -0.15) is 8.78 Å². The highest BCUT2D eigenvalue weighted by molar-refractivity contribution is 7.99. The van der Waals surface area contributed by atoms with E-state index in [-0.39, 0.29) is 5.91 Å². The molecule has 0 aliphatic heterocycles. The average Bonchev–Trinajstić information content (AvgIpc) is 2.98. The summed E-state index contributed by atoms with van der Waals surface area (Å²) in [5, 5.41) is 3.91. The SMILES string of the molecule is O=C(CCc1c[nH]c2ccccc12)Nc1ccc(SC(F)F)cc1. The van der Waals surface area contributed by atoms with E-state index in [1.54, 1.807) is 24.3 Å². The first-order valence-electron chi connectivity index (χ1n) is 7.51. The molecule has 1 amide bonds. The summed E-state index contributed by atoms with van der Waals surface area (Å²) in [6.07, 6.45) is 2.92. The minimum absolute atomic E-state index is 0.102. The Kier molecular flexibility index (Phi) is 5.15. The van der Waals surface area contributed by atoms with Crippen LogP contribution >= 0.6 is 11.8 Å². The van der Waals surface area contributed by atoms with E-state index in [0.717, 1.165) is 16.5 Å². The normalized spacial score (nSPS) is 11.1. The zero-order valence-corrected chi connectivity index (χ0v) is 13.6. The largest absolute Gasteiger partial charge is 0.361 e. The van der Waals surface area contributed by atoms with Crippen molar-refractivity contribution in [2.75, 3.05) is 5.32 Å².